The van der Waals surface area contributed by atoms with Crippen LogP contribution in [0.15, 0.2) is 34.2 Å². The Morgan fingerprint density at radius 2 is 2.22 bits per heavy atom. The minimum atomic E-state index is -0.265. The lowest BCUT2D eigenvalue weighted by Gasteiger charge is -2.05. The van der Waals surface area contributed by atoms with E-state index in [2.05, 4.69) is 21.9 Å². The van der Waals surface area contributed by atoms with E-state index < -0.39 is 0 Å². The monoisotopic (exact) mass is 349 g/mol. The van der Waals surface area contributed by atoms with Crippen LogP contribution in [0.3, 0.4) is 0 Å². The molecule has 2 heterocycles. The first kappa shape index (κ1) is 15.9. The zero-order chi connectivity index (χ0) is 16.4. The maximum absolute atomic E-state index is 12.2. The zero-order valence-electron chi connectivity index (χ0n) is 12.5. The van der Waals surface area contributed by atoms with Crippen molar-refractivity contribution in [1.82, 2.24) is 19.5 Å². The maximum Gasteiger partial charge on any atom is 0.328 e. The van der Waals surface area contributed by atoms with Crippen LogP contribution in [0.1, 0.15) is 18.9 Å². The number of hydrogen-bond acceptors (Lipinski definition) is 5. The van der Waals surface area contributed by atoms with Crippen molar-refractivity contribution >= 4 is 40.3 Å². The number of nitrogens with one attached hydrogen (secondary N) is 1. The highest BCUT2D eigenvalue weighted by molar-refractivity contribution is 7.99. The van der Waals surface area contributed by atoms with E-state index in [1.807, 2.05) is 18.2 Å². The molecule has 0 aliphatic rings. The average molecular weight is 350 g/mol. The minimum absolute atomic E-state index is 0.265. The van der Waals surface area contributed by atoms with Crippen molar-refractivity contribution < 1.29 is 0 Å². The summed E-state index contributed by atoms with van der Waals surface area (Å²) in [6, 6.07) is 7.38. The number of anilines is 1. The van der Waals surface area contributed by atoms with Crippen molar-refractivity contribution in [3.05, 3.63) is 45.3 Å². The van der Waals surface area contributed by atoms with Crippen molar-refractivity contribution in [1.29, 1.82) is 0 Å². The van der Waals surface area contributed by atoms with E-state index >= 15 is 0 Å². The smallest absolute Gasteiger partial charge is 0.328 e. The Labute approximate surface area is 142 Å². The first-order valence-corrected chi connectivity index (χ1v) is 8.58. The molecular formula is C15H16ClN5OS. The van der Waals surface area contributed by atoms with Crippen LogP contribution in [0.25, 0.3) is 11.2 Å². The summed E-state index contributed by atoms with van der Waals surface area (Å²) in [6.45, 7) is 2.45. The van der Waals surface area contributed by atoms with Crippen molar-refractivity contribution in [2.24, 2.45) is 0 Å². The predicted molar refractivity (Wildman–Crippen MR) is 94.1 cm³/mol. The third-order valence-corrected chi connectivity index (χ3v) is 4.58. The second-order valence-electron chi connectivity index (χ2n) is 5.08. The number of nitrogens with zero attached hydrogens (tertiary/aromatic N) is 3. The lowest BCUT2D eigenvalue weighted by molar-refractivity contribution is 0.771. The number of fused-ring (bicyclic) bond motifs is 1. The Hall–Kier alpha value is -1.99. The van der Waals surface area contributed by atoms with Crippen LogP contribution in [0, 0.1) is 0 Å². The molecule has 0 unspecified atom stereocenters. The van der Waals surface area contributed by atoms with E-state index in [1.165, 1.54) is 11.8 Å². The Balaban J connectivity index is 2.06. The normalized spacial score (nSPS) is 11.2. The average Bonchev–Trinajstić information content (AvgIpc) is 2.83. The van der Waals surface area contributed by atoms with Gasteiger partial charge in [0.05, 0.1) is 6.54 Å². The molecule has 23 heavy (non-hydrogen) atoms. The van der Waals surface area contributed by atoms with Crippen LogP contribution in [-0.4, -0.2) is 25.3 Å². The van der Waals surface area contributed by atoms with Gasteiger partial charge < -0.3 is 10.7 Å². The summed E-state index contributed by atoms with van der Waals surface area (Å²) in [7, 11) is 0. The molecule has 0 radical (unpaired) electrons. The zero-order valence-corrected chi connectivity index (χ0v) is 14.1. The fraction of sp³-hybridized carbons (Fsp3) is 0.267. The van der Waals surface area contributed by atoms with Gasteiger partial charge in [0.1, 0.15) is 5.52 Å². The lowest BCUT2D eigenvalue weighted by Crippen LogP contribution is -2.17. The minimum Gasteiger partial charge on any atom is -0.382 e. The molecular weight excluding hydrogens is 334 g/mol. The van der Waals surface area contributed by atoms with Crippen molar-refractivity contribution in [3.8, 4) is 0 Å². The number of benzene rings is 1. The van der Waals surface area contributed by atoms with Crippen LogP contribution in [0.5, 0.6) is 0 Å². The fourth-order valence-corrected chi connectivity index (χ4v) is 3.17. The van der Waals surface area contributed by atoms with E-state index in [4.69, 9.17) is 17.3 Å². The van der Waals surface area contributed by atoms with Gasteiger partial charge in [-0.25, -0.2) is 14.8 Å². The summed E-state index contributed by atoms with van der Waals surface area (Å²) < 4.78 is 1.55. The number of hydrogen-bond donors (Lipinski definition) is 2. The molecule has 3 aromatic rings. The number of aromatic nitrogens is 4. The molecule has 2 aromatic heterocycles. The van der Waals surface area contributed by atoms with Crippen LogP contribution < -0.4 is 11.4 Å². The maximum atomic E-state index is 12.2. The summed E-state index contributed by atoms with van der Waals surface area (Å²) in [6.07, 6.45) is 1.01. The number of imidazole rings is 1. The first-order valence-electron chi connectivity index (χ1n) is 7.21. The number of H-pyrrole nitrogens is 1. The Bertz CT molecular complexity index is 905. The van der Waals surface area contributed by atoms with E-state index in [0.29, 0.717) is 27.9 Å². The molecule has 0 atom stereocenters. The third-order valence-electron chi connectivity index (χ3n) is 3.30. The van der Waals surface area contributed by atoms with Crippen molar-refractivity contribution in [3.63, 3.8) is 0 Å². The molecule has 6 nitrogen and oxygen atoms in total. The van der Waals surface area contributed by atoms with Crippen molar-refractivity contribution in [2.45, 2.75) is 25.0 Å². The van der Waals surface area contributed by atoms with Crippen LogP contribution in [0.4, 0.5) is 5.82 Å². The molecule has 8 heteroatoms. The van der Waals surface area contributed by atoms with Gasteiger partial charge in [0.2, 0.25) is 0 Å². The Morgan fingerprint density at radius 3 is 2.96 bits per heavy atom. The van der Waals surface area contributed by atoms with Gasteiger partial charge in [0.15, 0.2) is 16.6 Å². The molecule has 0 amide bonds. The summed E-state index contributed by atoms with van der Waals surface area (Å²) >= 11 is 7.53. The molecule has 3 rings (SSSR count). The van der Waals surface area contributed by atoms with Gasteiger partial charge in [-0.2, -0.15) is 0 Å². The van der Waals surface area contributed by atoms with Crippen molar-refractivity contribution in [2.75, 3.05) is 11.5 Å². The Kier molecular flexibility index (Phi) is 4.58. The predicted octanol–water partition coefficient (Wildman–Crippen LogP) is 2.91. The largest absolute Gasteiger partial charge is 0.382 e. The van der Waals surface area contributed by atoms with Gasteiger partial charge in [-0.15, -0.1) is 0 Å². The summed E-state index contributed by atoms with van der Waals surface area (Å²) in [5, 5.41) is 1.21. The SMILES string of the molecule is CCCSc1nc(N)c2[nH]c(=O)n(Cc3cccc(Cl)c3)c2n1. The number of nitrogens with two attached hydrogens (primary N) is 1. The summed E-state index contributed by atoms with van der Waals surface area (Å²) in [4.78, 5) is 23.7. The lowest BCUT2D eigenvalue weighted by atomic mass is 10.2. The van der Waals surface area contributed by atoms with Gasteiger partial charge in [0, 0.05) is 10.8 Å². The highest BCUT2D eigenvalue weighted by atomic mass is 35.5. The summed E-state index contributed by atoms with van der Waals surface area (Å²) in [5.41, 5.74) is 7.60. The number of thioether (sulfide) groups is 1. The van der Waals surface area contributed by atoms with Gasteiger partial charge in [-0.3, -0.25) is 4.57 Å². The molecule has 0 fully saturated rings. The van der Waals surface area contributed by atoms with Crippen LogP contribution in [-0.2, 0) is 6.54 Å². The molecule has 0 saturated carbocycles. The number of nitrogen functional groups attached to an aromatic ring is 1. The first-order chi connectivity index (χ1) is 11.1. The molecule has 0 aliphatic carbocycles. The van der Waals surface area contributed by atoms with Gasteiger partial charge >= 0.3 is 5.69 Å². The molecule has 3 N–H and O–H groups in total. The third kappa shape index (κ3) is 3.35. The standard InChI is InChI=1S/C15H16ClN5OS/c1-2-6-23-14-19-12(17)11-13(20-14)21(15(22)18-11)8-9-4-3-5-10(16)7-9/h3-5,7H,2,6,8H2,1H3,(H,18,22)(H2,17,19,20). The van der Waals surface area contributed by atoms with E-state index in [9.17, 15) is 4.79 Å². The van der Waals surface area contributed by atoms with E-state index in [0.717, 1.165) is 17.7 Å². The number of halogens is 1. The molecule has 0 saturated heterocycles. The Morgan fingerprint density at radius 1 is 1.39 bits per heavy atom. The van der Waals surface area contributed by atoms with Crippen LogP contribution in [0.2, 0.25) is 5.02 Å². The summed E-state index contributed by atoms with van der Waals surface area (Å²) in [5.74, 6) is 1.18. The number of aromatic amines is 1. The molecule has 0 aliphatic heterocycles. The van der Waals surface area contributed by atoms with E-state index in [1.54, 1.807) is 10.6 Å². The molecule has 120 valence electrons. The molecule has 1 aromatic carbocycles. The van der Waals surface area contributed by atoms with Gasteiger partial charge in [0.25, 0.3) is 0 Å². The van der Waals surface area contributed by atoms with Crippen LogP contribution >= 0.6 is 23.4 Å². The molecule has 0 bridgehead atoms. The number of rotatable bonds is 5. The highest BCUT2D eigenvalue weighted by Gasteiger charge is 2.14. The van der Waals surface area contributed by atoms with Gasteiger partial charge in [-0.1, -0.05) is 42.4 Å². The topological polar surface area (TPSA) is 89.6 Å². The highest BCUT2D eigenvalue weighted by Crippen LogP contribution is 2.21. The van der Waals surface area contributed by atoms with Gasteiger partial charge in [-0.05, 0) is 24.1 Å². The fourth-order valence-electron chi connectivity index (χ4n) is 2.25. The van der Waals surface area contributed by atoms with E-state index in [-0.39, 0.29) is 11.5 Å². The molecule has 0 spiro atoms. The second kappa shape index (κ2) is 6.64. The quantitative estimate of drug-likeness (QED) is 0.546. The second-order valence-corrected chi connectivity index (χ2v) is 6.58.